The number of rotatable bonds is 20. The maximum atomic E-state index is 12.7. The highest BCUT2D eigenvalue weighted by atomic mass is 16.5. The van der Waals surface area contributed by atoms with Crippen LogP contribution in [0.5, 0.6) is 5.75 Å². The lowest BCUT2D eigenvalue weighted by Gasteiger charge is -2.22. The summed E-state index contributed by atoms with van der Waals surface area (Å²) in [4.78, 5) is 24.6. The van der Waals surface area contributed by atoms with Gasteiger partial charge in [-0.25, -0.2) is 0 Å². The van der Waals surface area contributed by atoms with E-state index >= 15 is 0 Å². The molecule has 0 saturated heterocycles. The summed E-state index contributed by atoms with van der Waals surface area (Å²) < 4.78 is 5.89. The summed E-state index contributed by atoms with van der Waals surface area (Å²) >= 11 is 0. The molecule has 0 fully saturated rings. The van der Waals surface area contributed by atoms with Crippen molar-refractivity contribution in [3.8, 4) is 5.75 Å². The fourth-order valence-electron chi connectivity index (χ4n) is 3.89. The molecule has 5 N–H and O–H groups in total. The van der Waals surface area contributed by atoms with Crippen LogP contribution in [-0.4, -0.2) is 43.6 Å². The summed E-state index contributed by atoms with van der Waals surface area (Å²) in [5.74, 6) is 0.827. The van der Waals surface area contributed by atoms with E-state index in [2.05, 4.69) is 22.9 Å². The van der Waals surface area contributed by atoms with Crippen LogP contribution < -0.4 is 26.4 Å². The number of hydrogen-bond donors (Lipinski definition) is 4. The number of amides is 2. The third kappa shape index (κ3) is 13.8. The van der Waals surface area contributed by atoms with Crippen molar-refractivity contribution in [2.45, 2.75) is 105 Å². The van der Waals surface area contributed by atoms with Crippen molar-refractivity contribution in [1.82, 2.24) is 16.0 Å². The number of hydrogen-bond acceptors (Lipinski definition) is 5. The van der Waals surface area contributed by atoms with Gasteiger partial charge in [-0.1, -0.05) is 91.7 Å². The average Bonchev–Trinajstić information content (AvgIpc) is 2.85. The molecule has 0 bridgehead atoms. The molecule has 0 heterocycles. The second kappa shape index (κ2) is 19.1. The Labute approximate surface area is 219 Å². The largest absolute Gasteiger partial charge is 0.494 e. The van der Waals surface area contributed by atoms with Crippen LogP contribution in [-0.2, 0) is 16.1 Å². The molecule has 0 aromatic heterocycles. The van der Waals surface area contributed by atoms with Gasteiger partial charge in [0, 0.05) is 19.6 Å². The number of nitrogens with one attached hydrogen (secondary N) is 3. The van der Waals surface area contributed by atoms with Crippen molar-refractivity contribution in [1.29, 1.82) is 0 Å². The molecule has 2 amide bonds. The van der Waals surface area contributed by atoms with Gasteiger partial charge >= 0.3 is 0 Å². The van der Waals surface area contributed by atoms with E-state index in [1.807, 2.05) is 52.0 Å². The van der Waals surface area contributed by atoms with Crippen molar-refractivity contribution in [2.24, 2.45) is 17.6 Å². The van der Waals surface area contributed by atoms with Crippen LogP contribution in [0.3, 0.4) is 0 Å². The highest BCUT2D eigenvalue weighted by molar-refractivity contribution is 5.83. The number of benzene rings is 1. The second-order valence-corrected chi connectivity index (χ2v) is 10.4. The number of nitrogens with two attached hydrogens (primary N) is 1. The Morgan fingerprint density at radius 2 is 1.36 bits per heavy atom. The zero-order chi connectivity index (χ0) is 26.8. The number of carbonyl (C=O) groups excluding carboxylic acids is 2. The molecule has 0 saturated carbocycles. The molecule has 1 rings (SSSR count). The SMILES string of the molecule is CCCCCCCCCCOc1ccc(CN[C@H](C(=O)NCCNC(=O)[C@@H](N)C(C)C)C(C)C)cc1. The molecule has 0 aliphatic heterocycles. The first-order valence-electron chi connectivity index (χ1n) is 14.0. The zero-order valence-corrected chi connectivity index (χ0v) is 23.4. The molecule has 1 aromatic carbocycles. The summed E-state index contributed by atoms with van der Waals surface area (Å²) in [6.45, 7) is 12.2. The van der Waals surface area contributed by atoms with Crippen LogP contribution >= 0.6 is 0 Å². The van der Waals surface area contributed by atoms with Gasteiger partial charge in [0.25, 0.3) is 0 Å². The Kier molecular flexibility index (Phi) is 16.9. The Balaban J connectivity index is 2.30. The van der Waals surface area contributed by atoms with E-state index in [-0.39, 0.29) is 29.7 Å². The van der Waals surface area contributed by atoms with E-state index in [1.165, 1.54) is 44.9 Å². The van der Waals surface area contributed by atoms with Gasteiger partial charge in [-0.2, -0.15) is 0 Å². The number of ether oxygens (including phenoxy) is 1. The van der Waals surface area contributed by atoms with Gasteiger partial charge in [-0.15, -0.1) is 0 Å². The molecule has 0 unspecified atom stereocenters. The highest BCUT2D eigenvalue weighted by Crippen LogP contribution is 2.14. The van der Waals surface area contributed by atoms with Crippen LogP contribution in [0.1, 0.15) is 91.5 Å². The van der Waals surface area contributed by atoms with E-state index in [0.29, 0.717) is 19.6 Å². The molecule has 0 aliphatic rings. The Morgan fingerprint density at radius 1 is 0.806 bits per heavy atom. The first-order chi connectivity index (χ1) is 17.3. The normalized spacial score (nSPS) is 13.0. The molecular weight excluding hydrogens is 452 g/mol. The third-order valence-corrected chi connectivity index (χ3v) is 6.41. The maximum Gasteiger partial charge on any atom is 0.237 e. The predicted octanol–water partition coefficient (Wildman–Crippen LogP) is 4.54. The van der Waals surface area contributed by atoms with E-state index in [1.54, 1.807) is 0 Å². The van der Waals surface area contributed by atoms with Gasteiger partial charge in [0.05, 0.1) is 18.7 Å². The molecule has 0 radical (unpaired) electrons. The second-order valence-electron chi connectivity index (χ2n) is 10.4. The van der Waals surface area contributed by atoms with Crippen LogP contribution in [0, 0.1) is 11.8 Å². The van der Waals surface area contributed by atoms with Crippen molar-refractivity contribution in [3.05, 3.63) is 29.8 Å². The van der Waals surface area contributed by atoms with Gasteiger partial charge in [0.15, 0.2) is 0 Å². The molecule has 7 heteroatoms. The van der Waals surface area contributed by atoms with Crippen molar-refractivity contribution < 1.29 is 14.3 Å². The van der Waals surface area contributed by atoms with Gasteiger partial charge in [0.1, 0.15) is 5.75 Å². The molecule has 7 nitrogen and oxygen atoms in total. The van der Waals surface area contributed by atoms with E-state index < -0.39 is 6.04 Å². The fraction of sp³-hybridized carbons (Fsp3) is 0.724. The Morgan fingerprint density at radius 3 is 1.92 bits per heavy atom. The molecule has 206 valence electrons. The molecule has 0 aliphatic carbocycles. The Bertz CT molecular complexity index is 722. The summed E-state index contributed by atoms with van der Waals surface area (Å²) in [6, 6.07) is 7.22. The fourth-order valence-corrected chi connectivity index (χ4v) is 3.89. The standard InChI is InChI=1S/C29H52N4O3/c1-6-7-8-9-10-11-12-13-20-36-25-16-14-24(15-17-25)21-33-27(23(4)5)29(35)32-19-18-31-28(34)26(30)22(2)3/h14-17,22-23,26-27,33H,6-13,18-21,30H2,1-5H3,(H,31,34)(H,32,35)/t26-,27-/m0/s1. The van der Waals surface area contributed by atoms with Gasteiger partial charge in [0.2, 0.25) is 11.8 Å². The van der Waals surface area contributed by atoms with Crippen LogP contribution in [0.2, 0.25) is 0 Å². The monoisotopic (exact) mass is 504 g/mol. The van der Waals surface area contributed by atoms with Crippen molar-refractivity contribution in [3.63, 3.8) is 0 Å². The smallest absolute Gasteiger partial charge is 0.237 e. The molecule has 1 aromatic rings. The first-order valence-corrected chi connectivity index (χ1v) is 14.0. The lowest BCUT2D eigenvalue weighted by atomic mass is 10.0. The lowest BCUT2D eigenvalue weighted by molar-refractivity contribution is -0.125. The minimum absolute atomic E-state index is 0.0716. The summed E-state index contributed by atoms with van der Waals surface area (Å²) in [7, 11) is 0. The van der Waals surface area contributed by atoms with Crippen LogP contribution in [0.15, 0.2) is 24.3 Å². The molecule has 0 spiro atoms. The van der Waals surface area contributed by atoms with E-state index in [9.17, 15) is 9.59 Å². The molecule has 36 heavy (non-hydrogen) atoms. The van der Waals surface area contributed by atoms with E-state index in [4.69, 9.17) is 10.5 Å². The van der Waals surface area contributed by atoms with Gasteiger partial charge in [-0.05, 0) is 36.0 Å². The van der Waals surface area contributed by atoms with Crippen molar-refractivity contribution >= 4 is 11.8 Å². The van der Waals surface area contributed by atoms with Crippen LogP contribution in [0.25, 0.3) is 0 Å². The van der Waals surface area contributed by atoms with Gasteiger partial charge in [-0.3, -0.25) is 9.59 Å². The third-order valence-electron chi connectivity index (χ3n) is 6.41. The maximum absolute atomic E-state index is 12.7. The highest BCUT2D eigenvalue weighted by Gasteiger charge is 2.21. The lowest BCUT2D eigenvalue weighted by Crippen LogP contribution is -2.50. The Hall–Kier alpha value is -2.12. The van der Waals surface area contributed by atoms with Gasteiger partial charge < -0.3 is 26.4 Å². The molecular formula is C29H52N4O3. The summed E-state index contributed by atoms with van der Waals surface area (Å²) in [5.41, 5.74) is 6.94. The van der Waals surface area contributed by atoms with Crippen molar-refractivity contribution in [2.75, 3.05) is 19.7 Å². The summed E-state index contributed by atoms with van der Waals surface area (Å²) in [6.07, 6.45) is 10.3. The summed E-state index contributed by atoms with van der Waals surface area (Å²) in [5, 5.41) is 9.04. The first kappa shape index (κ1) is 31.9. The quantitative estimate of drug-likeness (QED) is 0.195. The zero-order valence-electron chi connectivity index (χ0n) is 23.4. The topological polar surface area (TPSA) is 105 Å². The number of unbranched alkanes of at least 4 members (excludes halogenated alkanes) is 7. The minimum atomic E-state index is -0.535. The molecule has 2 atom stereocenters. The van der Waals surface area contributed by atoms with E-state index in [0.717, 1.165) is 24.3 Å². The number of carbonyl (C=O) groups is 2. The van der Waals surface area contributed by atoms with Crippen LogP contribution in [0.4, 0.5) is 0 Å². The predicted molar refractivity (Wildman–Crippen MR) is 149 cm³/mol. The average molecular weight is 505 g/mol. The minimum Gasteiger partial charge on any atom is -0.494 e.